The molecule has 0 bridgehead atoms. The molecule has 7 heteroatoms. The van der Waals surface area contributed by atoms with Crippen molar-refractivity contribution in [3.05, 3.63) is 95.1 Å². The van der Waals surface area contributed by atoms with Gasteiger partial charge in [-0.15, -0.1) is 0 Å². The summed E-state index contributed by atoms with van der Waals surface area (Å²) < 4.78 is 57.1. The van der Waals surface area contributed by atoms with Gasteiger partial charge in [0.05, 0.1) is 10.6 Å². The number of anilines is 1. The molecular formula is C26H28F2N2O2S. The maximum Gasteiger partial charge on any atom is 0.264 e. The van der Waals surface area contributed by atoms with E-state index >= 15 is 0 Å². The van der Waals surface area contributed by atoms with Crippen molar-refractivity contribution in [1.82, 2.24) is 4.90 Å². The first-order valence-electron chi connectivity index (χ1n) is 11.1. The number of halogens is 2. The molecule has 4 nitrogen and oxygen atoms in total. The van der Waals surface area contributed by atoms with E-state index in [1.807, 2.05) is 43.0 Å². The van der Waals surface area contributed by atoms with Gasteiger partial charge in [0.2, 0.25) is 0 Å². The molecule has 1 fully saturated rings. The van der Waals surface area contributed by atoms with Crippen molar-refractivity contribution in [2.24, 2.45) is 0 Å². The molecule has 1 saturated heterocycles. The van der Waals surface area contributed by atoms with Gasteiger partial charge >= 0.3 is 0 Å². The highest BCUT2D eigenvalue weighted by atomic mass is 32.2. The van der Waals surface area contributed by atoms with Crippen molar-refractivity contribution in [2.75, 3.05) is 17.4 Å². The van der Waals surface area contributed by atoms with E-state index in [-0.39, 0.29) is 23.0 Å². The summed E-state index contributed by atoms with van der Waals surface area (Å²) in [5.41, 5.74) is 2.72. The zero-order valence-electron chi connectivity index (χ0n) is 18.8. The molecule has 1 heterocycles. The quantitative estimate of drug-likeness (QED) is 0.482. The SMILES string of the molecule is Cc1ccc(N(C2CCN(Cc3c(F)cccc3F)CC2)S(=O)(=O)c2ccc(C)cc2)cc1. The lowest BCUT2D eigenvalue weighted by Crippen LogP contribution is -2.47. The summed E-state index contributed by atoms with van der Waals surface area (Å²) in [6.45, 7) is 5.14. The van der Waals surface area contributed by atoms with Crippen molar-refractivity contribution < 1.29 is 17.2 Å². The summed E-state index contributed by atoms with van der Waals surface area (Å²) >= 11 is 0. The van der Waals surface area contributed by atoms with Gasteiger partial charge in [-0.05, 0) is 63.1 Å². The van der Waals surface area contributed by atoms with E-state index in [1.54, 1.807) is 24.3 Å². The molecule has 0 aromatic heterocycles. The van der Waals surface area contributed by atoms with Gasteiger partial charge in [0, 0.05) is 31.2 Å². The Kier molecular flexibility index (Phi) is 6.81. The number of hydrogen-bond acceptors (Lipinski definition) is 3. The minimum absolute atomic E-state index is 0.0543. The normalized spacial score (nSPS) is 15.5. The number of benzene rings is 3. The zero-order chi connectivity index (χ0) is 23.6. The number of piperidine rings is 1. The van der Waals surface area contributed by atoms with Crippen LogP contribution in [0.3, 0.4) is 0 Å². The second-order valence-corrected chi connectivity index (χ2v) is 10.5. The third kappa shape index (κ3) is 5.09. The second kappa shape index (κ2) is 9.61. The first kappa shape index (κ1) is 23.4. The minimum Gasteiger partial charge on any atom is -0.299 e. The molecule has 33 heavy (non-hydrogen) atoms. The van der Waals surface area contributed by atoms with Crippen molar-refractivity contribution in [2.45, 2.75) is 44.2 Å². The molecule has 1 aliphatic rings. The standard InChI is InChI=1S/C26H28F2N2O2S/c1-19-6-10-21(11-7-19)30(33(31,32)23-12-8-20(2)9-13-23)22-14-16-29(17-15-22)18-24-25(27)4-3-5-26(24)28/h3-13,22H,14-18H2,1-2H3. The molecule has 0 N–H and O–H groups in total. The number of rotatable bonds is 6. The third-order valence-corrected chi connectivity index (χ3v) is 8.09. The predicted octanol–water partition coefficient (Wildman–Crippen LogP) is 5.44. The first-order chi connectivity index (χ1) is 15.8. The molecule has 0 unspecified atom stereocenters. The number of sulfonamides is 1. The molecule has 4 rings (SSSR count). The molecule has 1 aliphatic heterocycles. The van der Waals surface area contributed by atoms with Gasteiger partial charge in [-0.3, -0.25) is 9.21 Å². The highest BCUT2D eigenvalue weighted by Gasteiger charge is 2.34. The van der Waals surface area contributed by atoms with Crippen molar-refractivity contribution >= 4 is 15.7 Å². The Balaban J connectivity index is 1.58. The lowest BCUT2D eigenvalue weighted by molar-refractivity contribution is 0.202. The Morgan fingerprint density at radius 1 is 0.848 bits per heavy atom. The van der Waals surface area contributed by atoms with Crippen LogP contribution >= 0.6 is 0 Å². The molecule has 0 spiro atoms. The number of hydrogen-bond donors (Lipinski definition) is 0. The van der Waals surface area contributed by atoms with Crippen LogP contribution in [-0.2, 0) is 16.6 Å². The summed E-state index contributed by atoms with van der Waals surface area (Å²) in [7, 11) is -3.78. The van der Waals surface area contributed by atoms with Crippen LogP contribution in [0.2, 0.25) is 0 Å². The maximum absolute atomic E-state index is 14.1. The predicted molar refractivity (Wildman–Crippen MR) is 127 cm³/mol. The van der Waals surface area contributed by atoms with Gasteiger partial charge in [0.1, 0.15) is 11.6 Å². The molecule has 3 aromatic rings. The van der Waals surface area contributed by atoms with Crippen LogP contribution in [0.15, 0.2) is 71.6 Å². The van der Waals surface area contributed by atoms with E-state index in [0.717, 1.165) is 11.1 Å². The van der Waals surface area contributed by atoms with Crippen LogP contribution in [0.4, 0.5) is 14.5 Å². The van der Waals surface area contributed by atoms with Crippen LogP contribution in [0, 0.1) is 25.5 Å². The Bertz CT molecular complexity index is 1180. The molecule has 0 atom stereocenters. The molecule has 0 saturated carbocycles. The van der Waals surface area contributed by atoms with Crippen molar-refractivity contribution in [3.8, 4) is 0 Å². The summed E-state index contributed by atoms with van der Waals surface area (Å²) in [6, 6.07) is 18.0. The lowest BCUT2D eigenvalue weighted by atomic mass is 10.0. The lowest BCUT2D eigenvalue weighted by Gasteiger charge is -2.39. The van der Waals surface area contributed by atoms with Crippen molar-refractivity contribution in [1.29, 1.82) is 0 Å². The first-order valence-corrected chi connectivity index (χ1v) is 12.5. The van der Waals surface area contributed by atoms with Gasteiger partial charge in [-0.1, -0.05) is 41.5 Å². The summed E-state index contributed by atoms with van der Waals surface area (Å²) in [5, 5.41) is 0. The van der Waals surface area contributed by atoms with Crippen LogP contribution in [0.25, 0.3) is 0 Å². The van der Waals surface area contributed by atoms with Gasteiger partial charge in [0.25, 0.3) is 10.0 Å². The third-order valence-electron chi connectivity index (χ3n) is 6.20. The highest BCUT2D eigenvalue weighted by Crippen LogP contribution is 2.31. The molecule has 0 amide bonds. The molecule has 0 radical (unpaired) electrons. The van der Waals surface area contributed by atoms with Gasteiger partial charge in [0.15, 0.2) is 0 Å². The fraction of sp³-hybridized carbons (Fsp3) is 0.308. The maximum atomic E-state index is 14.1. The molecule has 174 valence electrons. The number of aryl methyl sites for hydroxylation is 2. The Hall–Kier alpha value is -2.77. The van der Waals surface area contributed by atoms with Crippen molar-refractivity contribution in [3.63, 3.8) is 0 Å². The van der Waals surface area contributed by atoms with E-state index < -0.39 is 21.7 Å². The highest BCUT2D eigenvalue weighted by molar-refractivity contribution is 7.92. The van der Waals surface area contributed by atoms with Gasteiger partial charge in [-0.25, -0.2) is 17.2 Å². The Morgan fingerprint density at radius 3 is 1.91 bits per heavy atom. The monoisotopic (exact) mass is 470 g/mol. The van der Waals surface area contributed by atoms with Crippen LogP contribution in [0.1, 0.15) is 29.5 Å². The average Bonchev–Trinajstić information content (AvgIpc) is 2.79. The average molecular weight is 471 g/mol. The number of nitrogens with zero attached hydrogens (tertiary/aromatic N) is 2. The fourth-order valence-corrected chi connectivity index (χ4v) is 5.99. The smallest absolute Gasteiger partial charge is 0.264 e. The zero-order valence-corrected chi connectivity index (χ0v) is 19.7. The van der Waals surface area contributed by atoms with E-state index in [4.69, 9.17) is 0 Å². The van der Waals surface area contributed by atoms with E-state index in [2.05, 4.69) is 0 Å². The molecule has 0 aliphatic carbocycles. The van der Waals surface area contributed by atoms with Gasteiger partial charge < -0.3 is 0 Å². The largest absolute Gasteiger partial charge is 0.299 e. The van der Waals surface area contributed by atoms with Crippen LogP contribution in [-0.4, -0.2) is 32.4 Å². The van der Waals surface area contributed by atoms with Gasteiger partial charge in [-0.2, -0.15) is 0 Å². The van der Waals surface area contributed by atoms with E-state index in [1.165, 1.54) is 22.5 Å². The topological polar surface area (TPSA) is 40.6 Å². The summed E-state index contributed by atoms with van der Waals surface area (Å²) in [6.07, 6.45) is 1.13. The summed E-state index contributed by atoms with van der Waals surface area (Å²) in [5.74, 6) is -1.11. The minimum atomic E-state index is -3.78. The summed E-state index contributed by atoms with van der Waals surface area (Å²) in [4.78, 5) is 2.23. The second-order valence-electron chi connectivity index (χ2n) is 8.66. The molecule has 3 aromatic carbocycles. The molecular weight excluding hydrogens is 442 g/mol. The van der Waals surface area contributed by atoms with Crippen LogP contribution < -0.4 is 4.31 Å². The Labute approximate surface area is 194 Å². The van der Waals surface area contributed by atoms with E-state index in [0.29, 0.717) is 31.6 Å². The number of likely N-dealkylation sites (tertiary alicyclic amines) is 1. The van der Waals surface area contributed by atoms with E-state index in [9.17, 15) is 17.2 Å². The Morgan fingerprint density at radius 2 is 1.36 bits per heavy atom. The fourth-order valence-electron chi connectivity index (χ4n) is 4.28. The van der Waals surface area contributed by atoms with Crippen LogP contribution in [0.5, 0.6) is 0 Å².